The molecule has 0 aromatic heterocycles. The Bertz CT molecular complexity index is 1340. The van der Waals surface area contributed by atoms with Crippen LogP contribution in [0.25, 0.3) is 0 Å². The van der Waals surface area contributed by atoms with Crippen molar-refractivity contribution >= 4 is 13.9 Å². The lowest BCUT2D eigenvalue weighted by molar-refractivity contribution is 0.0391. The van der Waals surface area contributed by atoms with Crippen LogP contribution in [-0.2, 0) is 42.5 Å². The van der Waals surface area contributed by atoms with Crippen molar-refractivity contribution in [3.63, 3.8) is 0 Å². The molecule has 4 atom stereocenters. The third-order valence-corrected chi connectivity index (χ3v) is 10.6. The van der Waals surface area contributed by atoms with E-state index >= 15 is 0 Å². The first-order chi connectivity index (χ1) is 21.5. The Morgan fingerprint density at radius 1 is 0.886 bits per heavy atom. The number of phosphoric ester groups is 1. The van der Waals surface area contributed by atoms with E-state index in [1.807, 2.05) is 60.7 Å². The lowest BCUT2D eigenvalue weighted by Crippen LogP contribution is -2.57. The fourth-order valence-electron chi connectivity index (χ4n) is 6.91. The highest BCUT2D eigenvalue weighted by atomic mass is 31.2. The molecule has 7 nitrogen and oxygen atoms in total. The number of hydrogen-bond donors (Lipinski definition) is 1. The minimum absolute atomic E-state index is 0.0205. The van der Waals surface area contributed by atoms with Gasteiger partial charge in [-0.05, 0) is 59.3 Å². The summed E-state index contributed by atoms with van der Waals surface area (Å²) < 4.78 is 37.9. The van der Waals surface area contributed by atoms with E-state index < -0.39 is 19.5 Å². The highest BCUT2D eigenvalue weighted by Gasteiger charge is 2.53. The Balaban J connectivity index is 1.42. The predicted molar refractivity (Wildman–Crippen MR) is 172 cm³/mol. The van der Waals surface area contributed by atoms with Gasteiger partial charge in [0.15, 0.2) is 0 Å². The van der Waals surface area contributed by atoms with Crippen molar-refractivity contribution in [1.82, 2.24) is 5.32 Å². The van der Waals surface area contributed by atoms with Gasteiger partial charge in [-0.25, -0.2) is 9.36 Å². The summed E-state index contributed by atoms with van der Waals surface area (Å²) in [7, 11) is -4.06. The number of unbranched alkanes of at least 4 members (excludes halogenated alkanes) is 2. The number of alkyl carbamates (subject to hydrolysis) is 1. The lowest BCUT2D eigenvalue weighted by atomic mass is 9.61. The molecular weight excluding hydrogens is 573 g/mol. The number of fused-ring (bicyclic) bond motifs is 1. The van der Waals surface area contributed by atoms with Crippen LogP contribution in [0.15, 0.2) is 84.9 Å². The molecule has 8 heteroatoms. The highest BCUT2D eigenvalue weighted by molar-refractivity contribution is 7.48. The van der Waals surface area contributed by atoms with Crippen molar-refractivity contribution in [1.29, 1.82) is 0 Å². The van der Waals surface area contributed by atoms with Gasteiger partial charge in [0.05, 0.1) is 19.8 Å². The largest absolute Gasteiger partial charge is 0.475 e. The Morgan fingerprint density at radius 2 is 1.52 bits per heavy atom. The molecule has 1 amide bonds. The summed E-state index contributed by atoms with van der Waals surface area (Å²) in [6.45, 7) is 4.72. The number of cyclic esters (lactones) is 1. The van der Waals surface area contributed by atoms with Crippen LogP contribution < -0.4 is 5.32 Å². The molecule has 3 aromatic rings. The minimum atomic E-state index is -4.06. The number of carbonyl (C=O) groups excluding carboxylic acids is 1. The molecule has 0 radical (unpaired) electrons. The summed E-state index contributed by atoms with van der Waals surface area (Å²) >= 11 is 0. The van der Waals surface area contributed by atoms with Crippen molar-refractivity contribution < 1.29 is 27.7 Å². The van der Waals surface area contributed by atoms with Crippen LogP contribution in [0.4, 0.5) is 4.79 Å². The number of carbonyl (C=O) groups is 1. The van der Waals surface area contributed by atoms with Crippen molar-refractivity contribution in [2.45, 2.75) is 83.5 Å². The van der Waals surface area contributed by atoms with Crippen LogP contribution >= 0.6 is 7.82 Å². The Morgan fingerprint density at radius 3 is 2.11 bits per heavy atom. The van der Waals surface area contributed by atoms with Gasteiger partial charge in [-0.3, -0.25) is 13.6 Å². The van der Waals surface area contributed by atoms with Gasteiger partial charge in [0.25, 0.3) is 0 Å². The number of hydrogen-bond acceptors (Lipinski definition) is 6. The van der Waals surface area contributed by atoms with Crippen LogP contribution in [-0.4, -0.2) is 24.8 Å². The van der Waals surface area contributed by atoms with Gasteiger partial charge in [-0.2, -0.15) is 0 Å². The molecule has 1 heterocycles. The first-order valence-corrected chi connectivity index (χ1v) is 17.6. The molecule has 1 fully saturated rings. The molecule has 5 rings (SSSR count). The van der Waals surface area contributed by atoms with Crippen LogP contribution in [0.1, 0.15) is 80.5 Å². The Kier molecular flexibility index (Phi) is 11.3. The zero-order valence-electron chi connectivity index (χ0n) is 26.0. The van der Waals surface area contributed by atoms with E-state index in [9.17, 15) is 9.36 Å². The van der Waals surface area contributed by atoms with E-state index in [0.717, 1.165) is 36.8 Å². The molecule has 1 saturated heterocycles. The normalized spacial score (nSPS) is 22.2. The van der Waals surface area contributed by atoms with Crippen LogP contribution in [0.2, 0.25) is 0 Å². The van der Waals surface area contributed by atoms with Crippen molar-refractivity contribution in [2.24, 2.45) is 11.8 Å². The molecule has 236 valence electrons. The number of nitrogens with one attached hydrogen (secondary N) is 1. The Labute approximate surface area is 262 Å². The van der Waals surface area contributed by atoms with E-state index in [1.165, 1.54) is 30.4 Å². The number of ether oxygens (including phenoxy) is 1. The second-order valence-corrected chi connectivity index (χ2v) is 13.8. The van der Waals surface area contributed by atoms with E-state index in [0.29, 0.717) is 5.92 Å². The highest BCUT2D eigenvalue weighted by Crippen LogP contribution is 2.54. The number of amides is 1. The van der Waals surface area contributed by atoms with Crippen molar-refractivity contribution in [3.05, 3.63) is 107 Å². The second-order valence-electron chi connectivity index (χ2n) is 12.1. The van der Waals surface area contributed by atoms with Crippen LogP contribution in [0.3, 0.4) is 0 Å². The van der Waals surface area contributed by atoms with E-state index in [-0.39, 0.29) is 38.3 Å². The van der Waals surface area contributed by atoms with Crippen molar-refractivity contribution in [3.8, 4) is 0 Å². The first kappa shape index (κ1) is 32.4. The van der Waals surface area contributed by atoms with Gasteiger partial charge >= 0.3 is 13.9 Å². The molecular formula is C36H46NO6P. The van der Waals surface area contributed by atoms with Gasteiger partial charge in [-0.15, -0.1) is 0 Å². The second kappa shape index (κ2) is 15.4. The van der Waals surface area contributed by atoms with Gasteiger partial charge in [0.2, 0.25) is 0 Å². The fourth-order valence-corrected chi connectivity index (χ4v) is 8.13. The molecule has 1 aliphatic heterocycles. The molecule has 44 heavy (non-hydrogen) atoms. The van der Waals surface area contributed by atoms with Gasteiger partial charge in [-0.1, -0.05) is 124 Å². The summed E-state index contributed by atoms with van der Waals surface area (Å²) in [5, 5.41) is 3.15. The number of phosphoric acid groups is 1. The fraction of sp³-hybridized carbons (Fsp3) is 0.472. The summed E-state index contributed by atoms with van der Waals surface area (Å²) in [4.78, 5) is 12.7. The molecule has 4 unspecified atom stereocenters. The average molecular weight is 620 g/mol. The molecule has 3 aromatic carbocycles. The standard InChI is InChI=1S/C36H46NO6P/c1-3-5-8-19-30(4-2)34-32-21-14-13-20-31(32)22-23-33(34)36(26-40-35(38)37-36)27-43-44(39,41-24-28-15-9-6-10-16-28)42-25-29-17-11-7-12-18-29/h6-7,9-18,20-21,30,33-34H,3-5,8,19,22-27H2,1-2H3,(H,37,38). The molecule has 1 aliphatic carbocycles. The van der Waals surface area contributed by atoms with Crippen LogP contribution in [0.5, 0.6) is 0 Å². The Hall–Kier alpha value is -2.96. The third kappa shape index (κ3) is 8.00. The lowest BCUT2D eigenvalue weighted by Gasteiger charge is -2.46. The zero-order chi connectivity index (χ0) is 30.8. The summed E-state index contributed by atoms with van der Waals surface area (Å²) in [5.41, 5.74) is 3.54. The number of benzene rings is 3. The molecule has 1 N–H and O–H groups in total. The molecule has 2 aliphatic rings. The maximum absolute atomic E-state index is 14.2. The summed E-state index contributed by atoms with van der Waals surface area (Å²) in [6, 6.07) is 27.8. The van der Waals surface area contributed by atoms with Gasteiger partial charge in [0.1, 0.15) is 12.1 Å². The third-order valence-electron chi connectivity index (χ3n) is 9.25. The predicted octanol–water partition coefficient (Wildman–Crippen LogP) is 8.98. The van der Waals surface area contributed by atoms with Crippen molar-refractivity contribution in [2.75, 3.05) is 13.2 Å². The molecule has 0 spiro atoms. The van der Waals surface area contributed by atoms with E-state index in [4.69, 9.17) is 18.3 Å². The smallest absolute Gasteiger partial charge is 0.447 e. The van der Waals surface area contributed by atoms with Crippen LogP contribution in [0, 0.1) is 11.8 Å². The summed E-state index contributed by atoms with van der Waals surface area (Å²) in [6.07, 6.45) is 6.97. The summed E-state index contributed by atoms with van der Waals surface area (Å²) in [5.74, 6) is 0.646. The topological polar surface area (TPSA) is 83.1 Å². The maximum Gasteiger partial charge on any atom is 0.475 e. The first-order valence-electron chi connectivity index (χ1n) is 16.1. The van der Waals surface area contributed by atoms with E-state index in [1.54, 1.807) is 0 Å². The number of aryl methyl sites for hydroxylation is 1. The number of rotatable bonds is 16. The molecule has 0 bridgehead atoms. The average Bonchev–Trinajstić information content (AvgIpc) is 3.46. The van der Waals surface area contributed by atoms with Gasteiger partial charge < -0.3 is 10.1 Å². The van der Waals surface area contributed by atoms with Gasteiger partial charge in [0, 0.05) is 0 Å². The maximum atomic E-state index is 14.2. The monoisotopic (exact) mass is 619 g/mol. The minimum Gasteiger partial charge on any atom is -0.447 e. The molecule has 0 saturated carbocycles. The quantitative estimate of drug-likeness (QED) is 0.127. The zero-order valence-corrected chi connectivity index (χ0v) is 26.9. The SMILES string of the molecule is CCCCCC(CC)C1c2ccccc2CCC1C1(COP(=O)(OCc2ccccc2)OCc2ccccc2)COC(=O)N1. The van der Waals surface area contributed by atoms with E-state index in [2.05, 4.69) is 43.4 Å².